The molecule has 0 aromatic heterocycles. The summed E-state index contributed by atoms with van der Waals surface area (Å²) < 4.78 is 6.66. The summed E-state index contributed by atoms with van der Waals surface area (Å²) in [5.41, 5.74) is 7.25. The molecular formula is C15H23BrN2O. The fourth-order valence-electron chi connectivity index (χ4n) is 2.74. The van der Waals surface area contributed by atoms with E-state index in [1.807, 2.05) is 0 Å². The van der Waals surface area contributed by atoms with Gasteiger partial charge in [0.15, 0.2) is 0 Å². The standard InChI is InChI=1S/C15H23BrN2O/c1-18(10-12-3-2-8-19-11-12)15(9-17)13-4-6-14(16)7-5-13/h4-7,12,15H,2-3,8-11,17H2,1H3. The van der Waals surface area contributed by atoms with Crippen molar-refractivity contribution in [1.82, 2.24) is 4.90 Å². The molecule has 1 aliphatic rings. The van der Waals surface area contributed by atoms with Crippen LogP contribution in [0.4, 0.5) is 0 Å². The monoisotopic (exact) mass is 326 g/mol. The summed E-state index contributed by atoms with van der Waals surface area (Å²) >= 11 is 3.47. The first-order valence-corrected chi connectivity index (χ1v) is 7.73. The van der Waals surface area contributed by atoms with E-state index in [4.69, 9.17) is 10.5 Å². The van der Waals surface area contributed by atoms with E-state index >= 15 is 0 Å². The molecule has 1 fully saturated rings. The van der Waals surface area contributed by atoms with Gasteiger partial charge < -0.3 is 10.5 Å². The molecule has 0 radical (unpaired) electrons. The van der Waals surface area contributed by atoms with Gasteiger partial charge in [-0.2, -0.15) is 0 Å². The lowest BCUT2D eigenvalue weighted by Gasteiger charge is -2.32. The number of nitrogens with zero attached hydrogens (tertiary/aromatic N) is 1. The maximum absolute atomic E-state index is 5.96. The Labute approximate surface area is 124 Å². The van der Waals surface area contributed by atoms with Gasteiger partial charge >= 0.3 is 0 Å². The average Bonchev–Trinajstić information content (AvgIpc) is 2.43. The summed E-state index contributed by atoms with van der Waals surface area (Å²) in [4.78, 5) is 2.36. The minimum absolute atomic E-state index is 0.287. The summed E-state index contributed by atoms with van der Waals surface area (Å²) in [6.45, 7) is 3.51. The maximum atomic E-state index is 5.96. The molecule has 0 aliphatic carbocycles. The molecule has 1 aromatic carbocycles. The zero-order chi connectivity index (χ0) is 13.7. The van der Waals surface area contributed by atoms with Gasteiger partial charge in [-0.15, -0.1) is 0 Å². The van der Waals surface area contributed by atoms with Crippen LogP contribution in [0.1, 0.15) is 24.4 Å². The first kappa shape index (κ1) is 15.0. The Kier molecular flexibility index (Phi) is 5.82. The van der Waals surface area contributed by atoms with Crippen molar-refractivity contribution in [1.29, 1.82) is 0 Å². The van der Waals surface area contributed by atoms with Crippen LogP contribution in [0.15, 0.2) is 28.7 Å². The van der Waals surface area contributed by atoms with Crippen LogP contribution in [0.2, 0.25) is 0 Å². The van der Waals surface area contributed by atoms with E-state index in [2.05, 4.69) is 52.1 Å². The Bertz CT molecular complexity index is 376. The van der Waals surface area contributed by atoms with Crippen LogP contribution in [-0.4, -0.2) is 38.3 Å². The number of hydrogen-bond donors (Lipinski definition) is 1. The van der Waals surface area contributed by atoms with Crippen molar-refractivity contribution in [2.75, 3.05) is 33.4 Å². The number of benzene rings is 1. The minimum atomic E-state index is 0.287. The van der Waals surface area contributed by atoms with Crippen LogP contribution >= 0.6 is 15.9 Å². The molecule has 0 spiro atoms. The van der Waals surface area contributed by atoms with Crippen LogP contribution in [0.3, 0.4) is 0 Å². The largest absolute Gasteiger partial charge is 0.381 e. The molecular weight excluding hydrogens is 304 g/mol. The van der Waals surface area contributed by atoms with E-state index in [0.29, 0.717) is 12.5 Å². The van der Waals surface area contributed by atoms with Gasteiger partial charge in [-0.3, -0.25) is 4.90 Å². The van der Waals surface area contributed by atoms with Crippen LogP contribution < -0.4 is 5.73 Å². The van der Waals surface area contributed by atoms with Crippen LogP contribution in [-0.2, 0) is 4.74 Å². The first-order chi connectivity index (χ1) is 9.20. The van der Waals surface area contributed by atoms with Crippen molar-refractivity contribution in [3.05, 3.63) is 34.3 Å². The molecule has 2 rings (SSSR count). The van der Waals surface area contributed by atoms with Crippen molar-refractivity contribution in [3.63, 3.8) is 0 Å². The number of rotatable bonds is 5. The number of halogens is 1. The zero-order valence-electron chi connectivity index (χ0n) is 11.5. The molecule has 2 N–H and O–H groups in total. The molecule has 0 saturated carbocycles. The smallest absolute Gasteiger partial charge is 0.0506 e. The molecule has 3 nitrogen and oxygen atoms in total. The van der Waals surface area contributed by atoms with E-state index in [-0.39, 0.29) is 6.04 Å². The third-order valence-electron chi connectivity index (χ3n) is 3.81. The SMILES string of the molecule is CN(CC1CCCOC1)C(CN)c1ccc(Br)cc1. The van der Waals surface area contributed by atoms with Crippen LogP contribution in [0, 0.1) is 5.92 Å². The quantitative estimate of drug-likeness (QED) is 0.904. The van der Waals surface area contributed by atoms with Gasteiger partial charge in [-0.1, -0.05) is 28.1 Å². The molecule has 1 heterocycles. The highest BCUT2D eigenvalue weighted by Gasteiger charge is 2.21. The van der Waals surface area contributed by atoms with E-state index in [0.717, 1.165) is 24.2 Å². The Balaban J connectivity index is 1.97. The van der Waals surface area contributed by atoms with Gasteiger partial charge in [0, 0.05) is 30.2 Å². The van der Waals surface area contributed by atoms with Crippen LogP contribution in [0.5, 0.6) is 0 Å². The van der Waals surface area contributed by atoms with Gasteiger partial charge in [0.25, 0.3) is 0 Å². The third kappa shape index (κ3) is 4.28. The second kappa shape index (κ2) is 7.39. The first-order valence-electron chi connectivity index (χ1n) is 6.94. The van der Waals surface area contributed by atoms with Crippen molar-refractivity contribution < 1.29 is 4.74 Å². The van der Waals surface area contributed by atoms with E-state index in [9.17, 15) is 0 Å². The average molecular weight is 327 g/mol. The second-order valence-electron chi connectivity index (χ2n) is 5.33. The van der Waals surface area contributed by atoms with Gasteiger partial charge in [-0.25, -0.2) is 0 Å². The number of hydrogen-bond acceptors (Lipinski definition) is 3. The molecule has 1 aromatic rings. The predicted octanol–water partition coefficient (Wildman–Crippen LogP) is 2.81. The summed E-state index contributed by atoms with van der Waals surface area (Å²) in [7, 11) is 2.16. The Morgan fingerprint density at radius 3 is 2.74 bits per heavy atom. The lowest BCUT2D eigenvalue weighted by molar-refractivity contribution is 0.0365. The minimum Gasteiger partial charge on any atom is -0.381 e. The van der Waals surface area contributed by atoms with Crippen molar-refractivity contribution in [2.24, 2.45) is 11.7 Å². The number of likely N-dealkylation sites (N-methyl/N-ethyl adjacent to an activating group) is 1. The van der Waals surface area contributed by atoms with E-state index in [1.54, 1.807) is 0 Å². The fraction of sp³-hybridized carbons (Fsp3) is 0.600. The summed E-state index contributed by atoms with van der Waals surface area (Å²) in [6.07, 6.45) is 2.45. The molecule has 19 heavy (non-hydrogen) atoms. The van der Waals surface area contributed by atoms with Gasteiger partial charge in [0.2, 0.25) is 0 Å². The molecule has 1 saturated heterocycles. The molecule has 2 atom stereocenters. The van der Waals surface area contributed by atoms with Crippen molar-refractivity contribution >= 4 is 15.9 Å². The lowest BCUT2D eigenvalue weighted by Crippen LogP contribution is -2.36. The predicted molar refractivity (Wildman–Crippen MR) is 82.1 cm³/mol. The van der Waals surface area contributed by atoms with Gasteiger partial charge in [0.1, 0.15) is 0 Å². The summed E-state index contributed by atoms with van der Waals surface area (Å²) in [5, 5.41) is 0. The normalized spacial score (nSPS) is 21.6. The number of ether oxygens (including phenoxy) is 1. The molecule has 0 amide bonds. The Morgan fingerprint density at radius 2 is 2.16 bits per heavy atom. The summed E-state index contributed by atoms with van der Waals surface area (Å²) in [5.74, 6) is 0.642. The van der Waals surface area contributed by atoms with Gasteiger partial charge in [-0.05, 0) is 43.5 Å². The Morgan fingerprint density at radius 1 is 1.42 bits per heavy atom. The Hall–Kier alpha value is -0.420. The molecule has 2 unspecified atom stereocenters. The highest BCUT2D eigenvalue weighted by atomic mass is 79.9. The van der Waals surface area contributed by atoms with E-state index < -0.39 is 0 Å². The number of nitrogens with two attached hydrogens (primary N) is 1. The molecule has 0 bridgehead atoms. The zero-order valence-corrected chi connectivity index (χ0v) is 13.1. The van der Waals surface area contributed by atoms with Crippen molar-refractivity contribution in [3.8, 4) is 0 Å². The second-order valence-corrected chi connectivity index (χ2v) is 6.24. The molecule has 4 heteroatoms. The molecule has 1 aliphatic heterocycles. The van der Waals surface area contributed by atoms with Gasteiger partial charge in [0.05, 0.1) is 6.61 Å². The molecule has 106 valence electrons. The highest BCUT2D eigenvalue weighted by molar-refractivity contribution is 9.10. The lowest BCUT2D eigenvalue weighted by atomic mass is 9.99. The van der Waals surface area contributed by atoms with Crippen molar-refractivity contribution in [2.45, 2.75) is 18.9 Å². The highest BCUT2D eigenvalue weighted by Crippen LogP contribution is 2.23. The fourth-order valence-corrected chi connectivity index (χ4v) is 3.01. The maximum Gasteiger partial charge on any atom is 0.0506 e. The third-order valence-corrected chi connectivity index (χ3v) is 4.34. The summed E-state index contributed by atoms with van der Waals surface area (Å²) in [6, 6.07) is 8.74. The van der Waals surface area contributed by atoms with Crippen LogP contribution in [0.25, 0.3) is 0 Å². The van der Waals surface area contributed by atoms with E-state index in [1.165, 1.54) is 18.4 Å². The topological polar surface area (TPSA) is 38.5 Å².